The Morgan fingerprint density at radius 2 is 0.800 bits per heavy atom. The zero-order chi connectivity index (χ0) is 33.3. The highest BCUT2D eigenvalue weighted by Gasteiger charge is 2.21. The number of aromatic nitrogens is 1. The second-order valence-corrected chi connectivity index (χ2v) is 12.9. The summed E-state index contributed by atoms with van der Waals surface area (Å²) in [7, 11) is 0. The van der Waals surface area contributed by atoms with E-state index in [9.17, 15) is 8.78 Å². The summed E-state index contributed by atoms with van der Waals surface area (Å²) in [4.78, 5) is 5.32. The number of halogens is 2. The molecule has 0 saturated carbocycles. The van der Waals surface area contributed by atoms with Crippen molar-refractivity contribution in [3.8, 4) is 33.5 Å². The van der Waals surface area contributed by atoms with E-state index in [0.29, 0.717) is 11.3 Å². The third-order valence-electron chi connectivity index (χ3n) is 10.1. The van der Waals surface area contributed by atoms with E-state index in [1.54, 1.807) is 6.07 Å². The lowest BCUT2D eigenvalue weighted by Gasteiger charge is -2.19. The molecule has 50 heavy (non-hydrogen) atoms. The van der Waals surface area contributed by atoms with Gasteiger partial charge in [0, 0.05) is 21.7 Å². The SMILES string of the molecule is Fc1ccc(-c2nc3cc(-c4c5ccccc5c(-c5ccccc5)c5ccccc45)ccc3c3c4ccccc4c4ccccc4c23)cc1F. The quantitative estimate of drug-likeness (QED) is 0.138. The maximum atomic E-state index is 14.9. The molecule has 0 atom stereocenters. The predicted molar refractivity (Wildman–Crippen MR) is 205 cm³/mol. The fourth-order valence-corrected chi connectivity index (χ4v) is 8.04. The third-order valence-corrected chi connectivity index (χ3v) is 10.1. The van der Waals surface area contributed by atoms with E-state index in [1.807, 2.05) is 12.1 Å². The molecule has 0 amide bonds. The molecule has 0 saturated heterocycles. The first-order valence-electron chi connectivity index (χ1n) is 16.8. The van der Waals surface area contributed by atoms with Gasteiger partial charge in [-0.05, 0) is 89.6 Å². The standard InChI is InChI=1S/C47H27F2N/c48-40-25-23-30(26-41(40)49)47-46-34-17-7-5-15-32(34)31-14-4-6-16-33(31)45(46)39-24-22-29(27-42(39)50-47)44-37-20-10-8-18-35(37)43(28-12-2-1-3-13-28)36-19-9-11-21-38(36)44/h1-27H. The molecule has 0 N–H and O–H groups in total. The number of rotatable bonds is 3. The number of fused-ring (bicyclic) bond motifs is 10. The molecular weight excluding hydrogens is 617 g/mol. The molecule has 10 aromatic rings. The largest absolute Gasteiger partial charge is 0.247 e. The van der Waals surface area contributed by atoms with Crippen molar-refractivity contribution in [2.45, 2.75) is 0 Å². The smallest absolute Gasteiger partial charge is 0.159 e. The lowest BCUT2D eigenvalue weighted by Crippen LogP contribution is -1.95. The average Bonchev–Trinajstić information content (AvgIpc) is 3.17. The van der Waals surface area contributed by atoms with Gasteiger partial charge in [-0.1, -0.05) is 140 Å². The Hall–Kier alpha value is -6.45. The summed E-state index contributed by atoms with van der Waals surface area (Å²) in [5, 5.41) is 12.0. The van der Waals surface area contributed by atoms with Crippen molar-refractivity contribution in [1.29, 1.82) is 0 Å². The van der Waals surface area contributed by atoms with Gasteiger partial charge in [-0.3, -0.25) is 0 Å². The second kappa shape index (κ2) is 11.0. The lowest BCUT2D eigenvalue weighted by atomic mass is 9.85. The molecule has 1 aromatic heterocycles. The maximum Gasteiger partial charge on any atom is 0.159 e. The van der Waals surface area contributed by atoms with Crippen molar-refractivity contribution in [3.05, 3.63) is 175 Å². The molecule has 0 aliphatic carbocycles. The Labute approximate surface area is 286 Å². The van der Waals surface area contributed by atoms with Gasteiger partial charge < -0.3 is 0 Å². The molecule has 0 aliphatic rings. The van der Waals surface area contributed by atoms with E-state index in [4.69, 9.17) is 4.98 Å². The molecule has 3 heteroatoms. The Kier molecular flexibility index (Phi) is 6.31. The van der Waals surface area contributed by atoms with Crippen LogP contribution in [0.5, 0.6) is 0 Å². The zero-order valence-corrected chi connectivity index (χ0v) is 26.8. The molecule has 0 aliphatic heterocycles. The van der Waals surface area contributed by atoms with E-state index < -0.39 is 11.6 Å². The van der Waals surface area contributed by atoms with E-state index in [0.717, 1.165) is 65.1 Å². The Balaban J connectivity index is 1.36. The molecule has 0 unspecified atom stereocenters. The van der Waals surface area contributed by atoms with Crippen molar-refractivity contribution < 1.29 is 8.78 Å². The summed E-state index contributed by atoms with van der Waals surface area (Å²) in [5.41, 5.74) is 6.51. The summed E-state index contributed by atoms with van der Waals surface area (Å²) < 4.78 is 29.2. The summed E-state index contributed by atoms with van der Waals surface area (Å²) in [5.74, 6) is -1.78. The van der Waals surface area contributed by atoms with Crippen LogP contribution in [0.3, 0.4) is 0 Å². The minimum Gasteiger partial charge on any atom is -0.247 e. The van der Waals surface area contributed by atoms with E-state index in [2.05, 4.69) is 133 Å². The van der Waals surface area contributed by atoms with Crippen LogP contribution in [0.4, 0.5) is 8.78 Å². The molecule has 1 heterocycles. The van der Waals surface area contributed by atoms with Crippen LogP contribution in [0.25, 0.3) is 98.3 Å². The van der Waals surface area contributed by atoms with Crippen molar-refractivity contribution in [1.82, 2.24) is 4.98 Å². The van der Waals surface area contributed by atoms with Crippen LogP contribution in [-0.2, 0) is 0 Å². The van der Waals surface area contributed by atoms with Gasteiger partial charge in [0.25, 0.3) is 0 Å². The van der Waals surface area contributed by atoms with Crippen LogP contribution in [0.1, 0.15) is 0 Å². The zero-order valence-electron chi connectivity index (χ0n) is 26.8. The molecule has 10 rings (SSSR count). The van der Waals surface area contributed by atoms with Gasteiger partial charge in [0.1, 0.15) is 0 Å². The van der Waals surface area contributed by atoms with Crippen LogP contribution in [0.2, 0.25) is 0 Å². The number of pyridine rings is 1. The van der Waals surface area contributed by atoms with Crippen LogP contribution >= 0.6 is 0 Å². The van der Waals surface area contributed by atoms with Gasteiger partial charge >= 0.3 is 0 Å². The highest BCUT2D eigenvalue weighted by atomic mass is 19.2. The Morgan fingerprint density at radius 1 is 0.320 bits per heavy atom. The second-order valence-electron chi connectivity index (χ2n) is 12.9. The number of nitrogens with zero attached hydrogens (tertiary/aromatic N) is 1. The fraction of sp³-hybridized carbons (Fsp3) is 0. The first-order valence-corrected chi connectivity index (χ1v) is 16.8. The summed E-state index contributed by atoms with van der Waals surface area (Å²) in [6.45, 7) is 0. The van der Waals surface area contributed by atoms with Gasteiger partial charge in [-0.15, -0.1) is 0 Å². The van der Waals surface area contributed by atoms with E-state index >= 15 is 0 Å². The van der Waals surface area contributed by atoms with Gasteiger partial charge in [-0.2, -0.15) is 0 Å². The van der Waals surface area contributed by atoms with Crippen molar-refractivity contribution in [2.75, 3.05) is 0 Å². The van der Waals surface area contributed by atoms with Gasteiger partial charge in [-0.25, -0.2) is 13.8 Å². The van der Waals surface area contributed by atoms with Crippen LogP contribution < -0.4 is 0 Å². The van der Waals surface area contributed by atoms with Crippen molar-refractivity contribution in [3.63, 3.8) is 0 Å². The Morgan fingerprint density at radius 3 is 1.38 bits per heavy atom. The molecular formula is C47H27F2N. The molecule has 0 fully saturated rings. The van der Waals surface area contributed by atoms with Crippen LogP contribution in [0, 0.1) is 11.6 Å². The topological polar surface area (TPSA) is 12.9 Å². The number of hydrogen-bond donors (Lipinski definition) is 0. The summed E-state index contributed by atoms with van der Waals surface area (Å²) in [6.07, 6.45) is 0. The molecule has 0 spiro atoms. The molecule has 9 aromatic carbocycles. The van der Waals surface area contributed by atoms with Crippen molar-refractivity contribution in [2.24, 2.45) is 0 Å². The van der Waals surface area contributed by atoms with Gasteiger partial charge in [0.15, 0.2) is 11.6 Å². The average molecular weight is 644 g/mol. The van der Waals surface area contributed by atoms with Gasteiger partial charge in [0.05, 0.1) is 11.2 Å². The lowest BCUT2D eigenvalue weighted by molar-refractivity contribution is 0.509. The van der Waals surface area contributed by atoms with Crippen LogP contribution in [0.15, 0.2) is 164 Å². The molecule has 0 bridgehead atoms. The minimum absolute atomic E-state index is 0.532. The third kappa shape index (κ3) is 4.20. The molecule has 234 valence electrons. The molecule has 1 nitrogen and oxygen atoms in total. The highest BCUT2D eigenvalue weighted by Crippen LogP contribution is 2.46. The van der Waals surface area contributed by atoms with Crippen molar-refractivity contribution >= 4 is 64.8 Å². The monoisotopic (exact) mass is 643 g/mol. The summed E-state index contributed by atoms with van der Waals surface area (Å²) >= 11 is 0. The summed E-state index contributed by atoms with van der Waals surface area (Å²) in [6, 6.07) is 55.1. The Bertz CT molecular complexity index is 2940. The number of benzene rings is 9. The van der Waals surface area contributed by atoms with Gasteiger partial charge in [0.2, 0.25) is 0 Å². The minimum atomic E-state index is -0.896. The first kappa shape index (κ1) is 28.6. The van der Waals surface area contributed by atoms with E-state index in [-0.39, 0.29) is 0 Å². The fourth-order valence-electron chi connectivity index (χ4n) is 8.04. The first-order chi connectivity index (χ1) is 24.7. The highest BCUT2D eigenvalue weighted by molar-refractivity contribution is 6.34. The van der Waals surface area contributed by atoms with E-state index in [1.165, 1.54) is 34.0 Å². The molecule has 0 radical (unpaired) electrons. The normalized spacial score (nSPS) is 11.8. The van der Waals surface area contributed by atoms with Crippen LogP contribution in [-0.4, -0.2) is 4.98 Å². The maximum absolute atomic E-state index is 14.9. The number of hydrogen-bond acceptors (Lipinski definition) is 1. The predicted octanol–water partition coefficient (Wildman–Crippen LogP) is 13.3.